The Morgan fingerprint density at radius 2 is 1.73 bits per heavy atom. The number of hydrogen-bond donors (Lipinski definition) is 3. The molecule has 0 saturated heterocycles. The molecule has 6 heteroatoms. The fraction of sp³-hybridized carbons (Fsp3) is 0.111. The lowest BCUT2D eigenvalue weighted by Crippen LogP contribution is -2.21. The smallest absolute Gasteiger partial charge is 0.248 e. The third kappa shape index (κ3) is 3.97. The van der Waals surface area contributed by atoms with Gasteiger partial charge in [0, 0.05) is 11.3 Å². The van der Waals surface area contributed by atoms with E-state index in [0.717, 1.165) is 0 Å². The normalized spacial score (nSPS) is 8.87. The first-order valence-electron chi connectivity index (χ1n) is 4.03. The summed E-state index contributed by atoms with van der Waals surface area (Å²) in [6.45, 7) is -0.0719. The van der Waals surface area contributed by atoms with Gasteiger partial charge in [-0.1, -0.05) is 0 Å². The van der Waals surface area contributed by atoms with E-state index in [1.807, 2.05) is 0 Å². The van der Waals surface area contributed by atoms with Crippen LogP contribution in [-0.2, 0) is 4.79 Å². The number of rotatable bonds is 3. The zero-order chi connectivity index (χ0) is 10.6. The van der Waals surface area contributed by atoms with Crippen LogP contribution in [0.5, 0.6) is 0 Å². The minimum Gasteiger partial charge on any atom is -0.366 e. The van der Waals surface area contributed by atoms with E-state index in [1.165, 1.54) is 12.1 Å². The topological polar surface area (TPSA) is 98.2 Å². The van der Waals surface area contributed by atoms with Crippen LogP contribution < -0.4 is 16.8 Å². The van der Waals surface area contributed by atoms with Crippen molar-refractivity contribution in [1.29, 1.82) is 0 Å². The average Bonchev–Trinajstić information content (AvgIpc) is 2.18. The van der Waals surface area contributed by atoms with E-state index in [2.05, 4.69) is 5.32 Å². The number of nitrogens with two attached hydrogens (primary N) is 2. The van der Waals surface area contributed by atoms with E-state index < -0.39 is 5.91 Å². The summed E-state index contributed by atoms with van der Waals surface area (Å²) < 4.78 is 0. The summed E-state index contributed by atoms with van der Waals surface area (Å²) in [4.78, 5) is 21.6. The first-order valence-corrected chi connectivity index (χ1v) is 4.03. The van der Waals surface area contributed by atoms with Gasteiger partial charge in [0.05, 0.1) is 6.54 Å². The van der Waals surface area contributed by atoms with Crippen molar-refractivity contribution < 1.29 is 9.59 Å². The van der Waals surface area contributed by atoms with Crippen LogP contribution in [0.2, 0.25) is 0 Å². The fourth-order valence-corrected chi connectivity index (χ4v) is 0.930. The van der Waals surface area contributed by atoms with E-state index in [9.17, 15) is 9.59 Å². The molecule has 0 bridgehead atoms. The molecule has 0 saturated carbocycles. The fourth-order valence-electron chi connectivity index (χ4n) is 0.930. The largest absolute Gasteiger partial charge is 0.366 e. The van der Waals surface area contributed by atoms with Crippen LogP contribution in [0.4, 0.5) is 5.69 Å². The Labute approximate surface area is 93.2 Å². The summed E-state index contributed by atoms with van der Waals surface area (Å²) in [5, 5.41) is 2.54. The summed E-state index contributed by atoms with van der Waals surface area (Å²) in [5.41, 5.74) is 11.1. The highest BCUT2D eigenvalue weighted by molar-refractivity contribution is 5.95. The molecular formula is C9H12ClN3O2. The van der Waals surface area contributed by atoms with Gasteiger partial charge in [-0.15, -0.1) is 12.4 Å². The number of carbonyl (C=O) groups excluding carboxylic acids is 2. The van der Waals surface area contributed by atoms with Gasteiger partial charge in [0.25, 0.3) is 0 Å². The van der Waals surface area contributed by atoms with Crippen molar-refractivity contribution in [2.45, 2.75) is 0 Å². The second kappa shape index (κ2) is 6.00. The second-order valence-corrected chi connectivity index (χ2v) is 2.69. The number of anilines is 1. The van der Waals surface area contributed by atoms with Crippen LogP contribution in [0.15, 0.2) is 24.3 Å². The summed E-state index contributed by atoms with van der Waals surface area (Å²) in [6, 6.07) is 6.25. The Kier molecular flexibility index (Phi) is 5.36. The van der Waals surface area contributed by atoms with Crippen LogP contribution in [-0.4, -0.2) is 18.4 Å². The van der Waals surface area contributed by atoms with Gasteiger partial charge >= 0.3 is 0 Å². The number of primary amides is 1. The predicted octanol–water partition coefficient (Wildman–Crippen LogP) is 0.104. The van der Waals surface area contributed by atoms with Crippen molar-refractivity contribution in [3.8, 4) is 0 Å². The zero-order valence-corrected chi connectivity index (χ0v) is 8.71. The summed E-state index contributed by atoms with van der Waals surface area (Å²) in [7, 11) is 0. The lowest BCUT2D eigenvalue weighted by atomic mass is 10.2. The molecule has 0 heterocycles. The van der Waals surface area contributed by atoms with Crippen molar-refractivity contribution in [3.63, 3.8) is 0 Å². The molecule has 0 radical (unpaired) electrons. The zero-order valence-electron chi connectivity index (χ0n) is 7.90. The lowest BCUT2D eigenvalue weighted by molar-refractivity contribution is -0.114. The third-order valence-corrected chi connectivity index (χ3v) is 1.64. The molecule has 0 unspecified atom stereocenters. The van der Waals surface area contributed by atoms with E-state index >= 15 is 0 Å². The Morgan fingerprint density at radius 1 is 1.20 bits per heavy atom. The number of nitrogens with one attached hydrogen (secondary N) is 1. The maximum Gasteiger partial charge on any atom is 0.248 e. The van der Waals surface area contributed by atoms with Gasteiger partial charge in [-0.05, 0) is 24.3 Å². The molecule has 82 valence electrons. The highest BCUT2D eigenvalue weighted by atomic mass is 35.5. The molecule has 1 aromatic carbocycles. The highest BCUT2D eigenvalue weighted by Crippen LogP contribution is 2.08. The van der Waals surface area contributed by atoms with Gasteiger partial charge in [0.2, 0.25) is 11.8 Å². The molecule has 0 spiro atoms. The molecule has 0 aliphatic carbocycles. The standard InChI is InChI=1S/C9H11N3O2.ClH/c10-5-8(13)12-7-3-1-6(2-4-7)9(11)14;/h1-4H,5,10H2,(H2,11,14)(H,12,13);1H. The van der Waals surface area contributed by atoms with Crippen LogP contribution >= 0.6 is 12.4 Å². The molecule has 5 N–H and O–H groups in total. The van der Waals surface area contributed by atoms with Gasteiger partial charge in [-0.25, -0.2) is 0 Å². The lowest BCUT2D eigenvalue weighted by Gasteiger charge is -2.03. The van der Waals surface area contributed by atoms with Gasteiger partial charge < -0.3 is 16.8 Å². The number of halogens is 1. The van der Waals surface area contributed by atoms with Crippen LogP contribution in [0.3, 0.4) is 0 Å². The molecule has 0 fully saturated rings. The molecular weight excluding hydrogens is 218 g/mol. The Hall–Kier alpha value is -1.59. The number of hydrogen-bond acceptors (Lipinski definition) is 3. The minimum atomic E-state index is -0.498. The summed E-state index contributed by atoms with van der Waals surface area (Å²) >= 11 is 0. The Morgan fingerprint density at radius 3 is 2.13 bits per heavy atom. The minimum absolute atomic E-state index is 0. The van der Waals surface area contributed by atoms with Gasteiger partial charge in [0.15, 0.2) is 0 Å². The van der Waals surface area contributed by atoms with Crippen molar-refractivity contribution in [1.82, 2.24) is 0 Å². The molecule has 0 aliphatic heterocycles. The van der Waals surface area contributed by atoms with E-state index in [-0.39, 0.29) is 24.9 Å². The van der Waals surface area contributed by atoms with Crippen molar-refractivity contribution >= 4 is 29.9 Å². The van der Waals surface area contributed by atoms with Crippen LogP contribution in [0, 0.1) is 0 Å². The SMILES string of the molecule is Cl.NCC(=O)Nc1ccc(C(N)=O)cc1. The molecule has 1 aromatic rings. The van der Waals surface area contributed by atoms with E-state index in [4.69, 9.17) is 11.5 Å². The highest BCUT2D eigenvalue weighted by Gasteiger charge is 2.01. The second-order valence-electron chi connectivity index (χ2n) is 2.69. The number of benzene rings is 1. The Bertz CT molecular complexity index is 351. The average molecular weight is 230 g/mol. The van der Waals surface area contributed by atoms with E-state index in [0.29, 0.717) is 11.3 Å². The molecule has 15 heavy (non-hydrogen) atoms. The third-order valence-electron chi connectivity index (χ3n) is 1.64. The van der Waals surface area contributed by atoms with Crippen LogP contribution in [0.25, 0.3) is 0 Å². The first-order chi connectivity index (χ1) is 6.63. The maximum atomic E-state index is 10.9. The number of carbonyl (C=O) groups is 2. The van der Waals surface area contributed by atoms with Crippen molar-refractivity contribution in [2.75, 3.05) is 11.9 Å². The Balaban J connectivity index is 0.00000196. The maximum absolute atomic E-state index is 10.9. The molecule has 5 nitrogen and oxygen atoms in total. The molecule has 2 amide bonds. The quantitative estimate of drug-likeness (QED) is 0.686. The molecule has 1 rings (SSSR count). The van der Waals surface area contributed by atoms with Crippen LogP contribution in [0.1, 0.15) is 10.4 Å². The summed E-state index contributed by atoms with van der Waals surface area (Å²) in [6.07, 6.45) is 0. The summed E-state index contributed by atoms with van der Waals surface area (Å²) in [5.74, 6) is -0.779. The molecule has 0 aliphatic rings. The first kappa shape index (κ1) is 13.4. The van der Waals surface area contributed by atoms with Crippen molar-refractivity contribution in [3.05, 3.63) is 29.8 Å². The predicted molar refractivity (Wildman–Crippen MR) is 59.9 cm³/mol. The number of amides is 2. The van der Waals surface area contributed by atoms with Gasteiger partial charge in [0.1, 0.15) is 0 Å². The molecule has 0 aromatic heterocycles. The monoisotopic (exact) mass is 229 g/mol. The van der Waals surface area contributed by atoms with Crippen molar-refractivity contribution in [2.24, 2.45) is 11.5 Å². The van der Waals surface area contributed by atoms with Gasteiger partial charge in [-0.2, -0.15) is 0 Å². The van der Waals surface area contributed by atoms with E-state index in [1.54, 1.807) is 12.1 Å². The van der Waals surface area contributed by atoms with Gasteiger partial charge in [-0.3, -0.25) is 9.59 Å². The molecule has 0 atom stereocenters.